The fourth-order valence-corrected chi connectivity index (χ4v) is 0.992. The Morgan fingerprint density at radius 2 is 1.88 bits per heavy atom. The van der Waals surface area contributed by atoms with E-state index in [1.54, 1.807) is 6.92 Å². The maximum atomic E-state index is 11.5. The number of hydrogen-bond donors (Lipinski definition) is 3. The minimum Gasteiger partial charge on any atom is -0.481 e. The van der Waals surface area contributed by atoms with Gasteiger partial charge in [-0.1, -0.05) is 0 Å². The molecule has 0 spiro atoms. The zero-order chi connectivity index (χ0) is 13.6. The minimum atomic E-state index is -1.43. The van der Waals surface area contributed by atoms with Crippen molar-refractivity contribution in [3.63, 3.8) is 0 Å². The number of aliphatic carboxylic acids is 1. The summed E-state index contributed by atoms with van der Waals surface area (Å²) in [4.78, 5) is 33.3. The second-order valence-corrected chi connectivity index (χ2v) is 3.65. The van der Waals surface area contributed by atoms with Crippen molar-refractivity contribution < 1.29 is 24.2 Å². The fourth-order valence-electron chi connectivity index (χ4n) is 0.992. The van der Waals surface area contributed by atoms with Gasteiger partial charge in [-0.3, -0.25) is 9.59 Å². The van der Waals surface area contributed by atoms with Gasteiger partial charge in [-0.2, -0.15) is 0 Å². The number of esters is 1. The van der Waals surface area contributed by atoms with Gasteiger partial charge in [0.2, 0.25) is 5.91 Å². The monoisotopic (exact) mass is 246 g/mol. The van der Waals surface area contributed by atoms with Crippen molar-refractivity contribution in [2.45, 2.75) is 32.9 Å². The molecule has 0 heterocycles. The number of carboxylic acid groups (broad SMARTS) is 1. The lowest BCUT2D eigenvalue weighted by Gasteiger charge is -2.19. The van der Waals surface area contributed by atoms with E-state index in [1.807, 2.05) is 0 Å². The maximum absolute atomic E-state index is 11.5. The number of rotatable bonds is 6. The molecule has 4 N–H and O–H groups in total. The van der Waals surface area contributed by atoms with Crippen LogP contribution in [0.25, 0.3) is 0 Å². The Morgan fingerprint density at radius 3 is 2.29 bits per heavy atom. The van der Waals surface area contributed by atoms with E-state index in [9.17, 15) is 14.4 Å². The molecule has 0 rings (SSSR count). The second-order valence-electron chi connectivity index (χ2n) is 3.65. The SMILES string of the molecule is CCOC(=O)C(N)C(=O)NC(C)C(C)C(=O)O. The summed E-state index contributed by atoms with van der Waals surface area (Å²) < 4.78 is 4.57. The predicted molar refractivity (Wildman–Crippen MR) is 59.0 cm³/mol. The molecule has 3 unspecified atom stereocenters. The molecule has 0 aromatic carbocycles. The molecule has 98 valence electrons. The van der Waals surface area contributed by atoms with Crippen molar-refractivity contribution in [2.24, 2.45) is 11.7 Å². The zero-order valence-corrected chi connectivity index (χ0v) is 10.1. The summed E-state index contributed by atoms with van der Waals surface area (Å²) in [6.45, 7) is 4.69. The van der Waals surface area contributed by atoms with Crippen LogP contribution in [0.5, 0.6) is 0 Å². The van der Waals surface area contributed by atoms with Crippen LogP contribution >= 0.6 is 0 Å². The van der Waals surface area contributed by atoms with Crippen LogP contribution in [0.1, 0.15) is 20.8 Å². The molecule has 0 aliphatic rings. The molecule has 0 radical (unpaired) electrons. The summed E-state index contributed by atoms with van der Waals surface area (Å²) in [5.41, 5.74) is 5.34. The van der Waals surface area contributed by atoms with Crippen LogP contribution in [0.3, 0.4) is 0 Å². The van der Waals surface area contributed by atoms with E-state index in [0.717, 1.165) is 0 Å². The van der Waals surface area contributed by atoms with Crippen molar-refractivity contribution >= 4 is 17.8 Å². The first-order chi connectivity index (χ1) is 7.81. The fraction of sp³-hybridized carbons (Fsp3) is 0.700. The number of ether oxygens (including phenoxy) is 1. The first kappa shape index (κ1) is 15.4. The Labute approximate surface area is 99.3 Å². The number of hydrogen-bond acceptors (Lipinski definition) is 5. The van der Waals surface area contributed by atoms with Crippen molar-refractivity contribution in [2.75, 3.05) is 6.61 Å². The molecule has 0 aliphatic heterocycles. The lowest BCUT2D eigenvalue weighted by atomic mass is 10.0. The molecular weight excluding hydrogens is 228 g/mol. The van der Waals surface area contributed by atoms with Crippen LogP contribution in [0.4, 0.5) is 0 Å². The lowest BCUT2D eigenvalue weighted by Crippen LogP contribution is -2.51. The third kappa shape index (κ3) is 4.81. The van der Waals surface area contributed by atoms with Crippen molar-refractivity contribution in [1.82, 2.24) is 5.32 Å². The average Bonchev–Trinajstić information content (AvgIpc) is 2.26. The standard InChI is InChI=1S/C10H18N2O5/c1-4-17-10(16)7(11)8(13)12-6(3)5(2)9(14)15/h5-7H,4,11H2,1-3H3,(H,12,13)(H,14,15). The number of amides is 1. The molecule has 0 aromatic heterocycles. The van der Waals surface area contributed by atoms with Crippen LogP contribution in [0.15, 0.2) is 0 Å². The second kappa shape index (κ2) is 6.85. The Balaban J connectivity index is 4.34. The van der Waals surface area contributed by atoms with Gasteiger partial charge in [-0.05, 0) is 20.8 Å². The highest BCUT2D eigenvalue weighted by molar-refractivity contribution is 6.01. The first-order valence-electron chi connectivity index (χ1n) is 5.26. The molecule has 3 atom stereocenters. The smallest absolute Gasteiger partial charge is 0.332 e. The summed E-state index contributed by atoms with van der Waals surface area (Å²) in [6, 6.07) is -2.06. The molecule has 0 aliphatic carbocycles. The van der Waals surface area contributed by atoms with E-state index in [4.69, 9.17) is 10.8 Å². The summed E-state index contributed by atoms with van der Waals surface area (Å²) in [5, 5.41) is 11.1. The van der Waals surface area contributed by atoms with Gasteiger partial charge in [0.05, 0.1) is 12.5 Å². The van der Waals surface area contributed by atoms with Crippen molar-refractivity contribution in [3.8, 4) is 0 Å². The van der Waals surface area contributed by atoms with Crippen LogP contribution in [0.2, 0.25) is 0 Å². The van der Waals surface area contributed by atoms with E-state index in [-0.39, 0.29) is 6.61 Å². The van der Waals surface area contributed by atoms with Gasteiger partial charge >= 0.3 is 11.9 Å². The van der Waals surface area contributed by atoms with Gasteiger partial charge in [0.15, 0.2) is 6.04 Å². The highest BCUT2D eigenvalue weighted by Gasteiger charge is 2.27. The molecule has 1 amide bonds. The number of nitrogens with one attached hydrogen (secondary N) is 1. The third-order valence-corrected chi connectivity index (χ3v) is 2.33. The number of carbonyl (C=O) groups is 3. The van der Waals surface area contributed by atoms with Gasteiger partial charge in [0.25, 0.3) is 0 Å². The molecule has 17 heavy (non-hydrogen) atoms. The van der Waals surface area contributed by atoms with Crippen LogP contribution < -0.4 is 11.1 Å². The van der Waals surface area contributed by atoms with E-state index < -0.39 is 35.8 Å². The maximum Gasteiger partial charge on any atom is 0.332 e. The highest BCUT2D eigenvalue weighted by Crippen LogP contribution is 2.02. The molecule has 7 nitrogen and oxygen atoms in total. The number of nitrogens with two attached hydrogens (primary N) is 1. The van der Waals surface area contributed by atoms with Gasteiger partial charge < -0.3 is 20.9 Å². The van der Waals surface area contributed by atoms with E-state index in [0.29, 0.717) is 0 Å². The topological polar surface area (TPSA) is 119 Å². The van der Waals surface area contributed by atoms with Gasteiger partial charge in [0.1, 0.15) is 0 Å². The average molecular weight is 246 g/mol. The number of carboxylic acids is 1. The summed E-state index contributed by atoms with van der Waals surface area (Å²) in [7, 11) is 0. The summed E-state index contributed by atoms with van der Waals surface area (Å²) in [6.07, 6.45) is 0. The molecular formula is C10H18N2O5. The largest absolute Gasteiger partial charge is 0.481 e. The van der Waals surface area contributed by atoms with Crippen LogP contribution in [-0.4, -0.2) is 41.6 Å². The third-order valence-electron chi connectivity index (χ3n) is 2.33. The predicted octanol–water partition coefficient (Wildman–Crippen LogP) is -0.898. The summed E-state index contributed by atoms with van der Waals surface area (Å²) in [5.74, 6) is -3.39. The Hall–Kier alpha value is -1.63. The van der Waals surface area contributed by atoms with Gasteiger partial charge in [-0.15, -0.1) is 0 Å². The quantitative estimate of drug-likeness (QED) is 0.413. The number of carbonyl (C=O) groups excluding carboxylic acids is 2. The lowest BCUT2D eigenvalue weighted by molar-refractivity contribution is -0.148. The van der Waals surface area contributed by atoms with Crippen LogP contribution in [0, 0.1) is 5.92 Å². The van der Waals surface area contributed by atoms with Crippen molar-refractivity contribution in [1.29, 1.82) is 0 Å². The Bertz CT molecular complexity index is 305. The molecule has 0 bridgehead atoms. The zero-order valence-electron chi connectivity index (χ0n) is 10.1. The first-order valence-corrected chi connectivity index (χ1v) is 5.26. The van der Waals surface area contributed by atoms with Crippen LogP contribution in [-0.2, 0) is 19.1 Å². The molecule has 0 aromatic rings. The van der Waals surface area contributed by atoms with Crippen molar-refractivity contribution in [3.05, 3.63) is 0 Å². The van der Waals surface area contributed by atoms with E-state index >= 15 is 0 Å². The van der Waals surface area contributed by atoms with E-state index in [2.05, 4.69) is 10.1 Å². The molecule has 0 saturated heterocycles. The Kier molecular flexibility index (Phi) is 6.19. The normalized spacial score (nSPS) is 15.5. The van der Waals surface area contributed by atoms with E-state index in [1.165, 1.54) is 13.8 Å². The molecule has 0 saturated carbocycles. The van der Waals surface area contributed by atoms with Gasteiger partial charge in [-0.25, -0.2) is 4.79 Å². The highest BCUT2D eigenvalue weighted by atomic mass is 16.5. The molecule has 0 fully saturated rings. The molecule has 7 heteroatoms. The Morgan fingerprint density at radius 1 is 1.35 bits per heavy atom. The minimum absolute atomic E-state index is 0.126. The summed E-state index contributed by atoms with van der Waals surface area (Å²) >= 11 is 0. The van der Waals surface area contributed by atoms with Gasteiger partial charge in [0, 0.05) is 6.04 Å².